The van der Waals surface area contributed by atoms with Gasteiger partial charge < -0.3 is 14.9 Å². The Hall–Kier alpha value is -3.59. The first-order valence-corrected chi connectivity index (χ1v) is 7.49. The van der Waals surface area contributed by atoms with Crippen molar-refractivity contribution in [3.63, 3.8) is 0 Å². The van der Waals surface area contributed by atoms with Crippen LogP contribution in [0.5, 0.6) is 5.75 Å². The fourth-order valence-corrected chi connectivity index (χ4v) is 2.96. The summed E-state index contributed by atoms with van der Waals surface area (Å²) >= 11 is 0. The minimum atomic E-state index is -0.744. The summed E-state index contributed by atoms with van der Waals surface area (Å²) in [6, 6.07) is 14.3. The number of hydrogen-bond donors (Lipinski definition) is 1. The first-order valence-electron chi connectivity index (χ1n) is 7.49. The van der Waals surface area contributed by atoms with Gasteiger partial charge in [-0.25, -0.2) is 4.39 Å². The predicted octanol–water partition coefficient (Wildman–Crippen LogP) is 3.15. The molecule has 1 aromatic heterocycles. The average Bonchev–Trinajstić information content (AvgIpc) is 2.63. The largest absolute Gasteiger partial charge is 0.456 e. The number of halogens is 1. The molecule has 0 radical (unpaired) electrons. The van der Waals surface area contributed by atoms with E-state index < -0.39 is 11.7 Å². The second kappa shape index (κ2) is 5.49. The van der Waals surface area contributed by atoms with E-state index in [1.807, 2.05) is 6.07 Å². The van der Waals surface area contributed by atoms with Crippen molar-refractivity contribution in [2.24, 2.45) is 5.73 Å². The third-order valence-electron chi connectivity index (χ3n) is 4.13. The van der Waals surface area contributed by atoms with Crippen LogP contribution in [0.3, 0.4) is 0 Å². The summed E-state index contributed by atoms with van der Waals surface area (Å²) in [6.07, 6.45) is 0. The van der Waals surface area contributed by atoms with Crippen LogP contribution in [0, 0.1) is 17.1 Å². The first-order chi connectivity index (χ1) is 12.1. The van der Waals surface area contributed by atoms with Crippen molar-refractivity contribution in [1.82, 2.24) is 0 Å². The molecule has 0 saturated heterocycles. The molecule has 1 atom stereocenters. The Morgan fingerprint density at radius 3 is 2.56 bits per heavy atom. The molecular formula is C19H11FN2O3. The maximum Gasteiger partial charge on any atom is 0.235 e. The number of hydrogen-bond acceptors (Lipinski definition) is 5. The zero-order valence-corrected chi connectivity index (χ0v) is 12.8. The fourth-order valence-electron chi connectivity index (χ4n) is 2.96. The first kappa shape index (κ1) is 15.0. The summed E-state index contributed by atoms with van der Waals surface area (Å²) in [7, 11) is 0. The van der Waals surface area contributed by atoms with Crippen LogP contribution in [0.15, 0.2) is 69.2 Å². The Bertz CT molecular complexity index is 1120. The van der Waals surface area contributed by atoms with E-state index in [9.17, 15) is 14.4 Å². The highest BCUT2D eigenvalue weighted by Crippen LogP contribution is 2.41. The van der Waals surface area contributed by atoms with E-state index in [-0.39, 0.29) is 28.4 Å². The third kappa shape index (κ3) is 2.25. The summed E-state index contributed by atoms with van der Waals surface area (Å²) in [5.74, 6) is -1.18. The van der Waals surface area contributed by atoms with Crippen molar-refractivity contribution >= 4 is 11.0 Å². The Morgan fingerprint density at radius 2 is 1.84 bits per heavy atom. The van der Waals surface area contributed by atoms with Crippen LogP contribution in [0.2, 0.25) is 0 Å². The highest BCUT2D eigenvalue weighted by atomic mass is 19.1. The summed E-state index contributed by atoms with van der Waals surface area (Å²) < 4.78 is 24.6. The number of nitrogens with two attached hydrogens (primary N) is 1. The maximum atomic E-state index is 13.3. The summed E-state index contributed by atoms with van der Waals surface area (Å²) in [5.41, 5.74) is 6.54. The quantitative estimate of drug-likeness (QED) is 0.738. The highest BCUT2D eigenvalue weighted by molar-refractivity contribution is 5.78. The molecule has 0 saturated carbocycles. The van der Waals surface area contributed by atoms with Gasteiger partial charge in [0, 0.05) is 0 Å². The van der Waals surface area contributed by atoms with Crippen LogP contribution < -0.4 is 15.9 Å². The second-order valence-corrected chi connectivity index (χ2v) is 5.60. The third-order valence-corrected chi connectivity index (χ3v) is 4.13. The number of nitriles is 1. The van der Waals surface area contributed by atoms with Crippen molar-refractivity contribution in [3.05, 3.63) is 87.4 Å². The molecule has 122 valence electrons. The Balaban J connectivity index is 2.05. The van der Waals surface area contributed by atoms with Crippen molar-refractivity contribution in [2.75, 3.05) is 0 Å². The Kier molecular flexibility index (Phi) is 3.29. The van der Waals surface area contributed by atoms with Gasteiger partial charge in [-0.15, -0.1) is 0 Å². The lowest BCUT2D eigenvalue weighted by Gasteiger charge is -2.24. The van der Waals surface area contributed by atoms with Gasteiger partial charge in [0.15, 0.2) is 5.76 Å². The average molecular weight is 334 g/mol. The van der Waals surface area contributed by atoms with Gasteiger partial charge in [-0.2, -0.15) is 5.26 Å². The van der Waals surface area contributed by atoms with Crippen LogP contribution in [0.25, 0.3) is 11.0 Å². The molecule has 0 bridgehead atoms. The Morgan fingerprint density at radius 1 is 1.12 bits per heavy atom. The van der Waals surface area contributed by atoms with Gasteiger partial charge in [0.05, 0.1) is 11.3 Å². The van der Waals surface area contributed by atoms with Gasteiger partial charge in [0.25, 0.3) is 0 Å². The Labute approximate surface area is 141 Å². The van der Waals surface area contributed by atoms with Crippen LogP contribution in [-0.2, 0) is 0 Å². The predicted molar refractivity (Wildman–Crippen MR) is 88.2 cm³/mol. The zero-order chi connectivity index (χ0) is 17.6. The molecule has 3 aromatic rings. The molecule has 0 fully saturated rings. The van der Waals surface area contributed by atoms with Gasteiger partial charge in [-0.1, -0.05) is 24.3 Å². The number of para-hydroxylation sites is 1. The number of benzene rings is 2. The molecule has 0 spiro atoms. The normalized spacial score (nSPS) is 16.2. The van der Waals surface area contributed by atoms with Crippen molar-refractivity contribution < 1.29 is 13.5 Å². The monoisotopic (exact) mass is 334 g/mol. The van der Waals surface area contributed by atoms with Gasteiger partial charge in [-0.3, -0.25) is 4.79 Å². The van der Waals surface area contributed by atoms with E-state index in [2.05, 4.69) is 0 Å². The maximum absolute atomic E-state index is 13.3. The van der Waals surface area contributed by atoms with E-state index in [4.69, 9.17) is 14.9 Å². The van der Waals surface area contributed by atoms with Crippen LogP contribution in [0.1, 0.15) is 17.2 Å². The van der Waals surface area contributed by atoms with Gasteiger partial charge >= 0.3 is 0 Å². The molecular weight excluding hydrogens is 323 g/mol. The van der Waals surface area contributed by atoms with Crippen molar-refractivity contribution in [2.45, 2.75) is 5.92 Å². The van der Waals surface area contributed by atoms with E-state index in [1.165, 1.54) is 24.3 Å². The number of fused-ring (bicyclic) bond motifs is 2. The minimum absolute atomic E-state index is 0.0514. The molecule has 6 heteroatoms. The standard InChI is InChI=1S/C19H11FN2O3/c20-11-7-5-10(6-8-11)15-13(9-21)19(22)25-18-16(23)12-3-1-2-4-14(12)24-17(15)18/h1-8,15H,22H2. The van der Waals surface area contributed by atoms with Crippen LogP contribution >= 0.6 is 0 Å². The van der Waals surface area contributed by atoms with Crippen LogP contribution in [-0.4, -0.2) is 0 Å². The van der Waals surface area contributed by atoms with Crippen LogP contribution in [0.4, 0.5) is 4.39 Å². The molecule has 2 heterocycles. The van der Waals surface area contributed by atoms with E-state index in [1.54, 1.807) is 24.3 Å². The summed E-state index contributed by atoms with van der Waals surface area (Å²) in [5, 5.41) is 9.85. The molecule has 2 aromatic carbocycles. The lowest BCUT2D eigenvalue weighted by atomic mass is 9.87. The second-order valence-electron chi connectivity index (χ2n) is 5.60. The van der Waals surface area contributed by atoms with Crippen molar-refractivity contribution in [1.29, 1.82) is 5.26 Å². The number of ether oxygens (including phenoxy) is 1. The SMILES string of the molecule is N#CC1=C(N)Oc2c(oc3ccccc3c2=O)C1c1ccc(F)cc1. The molecule has 1 aliphatic heterocycles. The van der Waals surface area contributed by atoms with Gasteiger partial charge in [0.1, 0.15) is 23.0 Å². The lowest BCUT2D eigenvalue weighted by Crippen LogP contribution is -2.25. The lowest BCUT2D eigenvalue weighted by molar-refractivity contribution is 0.354. The molecule has 25 heavy (non-hydrogen) atoms. The van der Waals surface area contributed by atoms with E-state index >= 15 is 0 Å². The molecule has 4 rings (SSSR count). The molecule has 5 nitrogen and oxygen atoms in total. The number of rotatable bonds is 1. The van der Waals surface area contributed by atoms with Gasteiger partial charge in [-0.05, 0) is 29.8 Å². The van der Waals surface area contributed by atoms with E-state index in [0.717, 1.165) is 0 Å². The van der Waals surface area contributed by atoms with E-state index in [0.29, 0.717) is 16.5 Å². The summed E-state index contributed by atoms with van der Waals surface area (Å²) in [4.78, 5) is 12.7. The molecule has 1 aliphatic rings. The number of allylic oxidation sites excluding steroid dienone is 1. The van der Waals surface area contributed by atoms with Crippen molar-refractivity contribution in [3.8, 4) is 11.8 Å². The zero-order valence-electron chi connectivity index (χ0n) is 12.8. The molecule has 2 N–H and O–H groups in total. The fraction of sp³-hybridized carbons (Fsp3) is 0.0526. The minimum Gasteiger partial charge on any atom is -0.456 e. The topological polar surface area (TPSA) is 89.2 Å². The molecule has 0 amide bonds. The molecule has 1 unspecified atom stereocenters. The smallest absolute Gasteiger partial charge is 0.235 e. The summed E-state index contributed by atoms with van der Waals surface area (Å²) in [6.45, 7) is 0. The number of nitrogens with zero attached hydrogens (tertiary/aromatic N) is 1. The molecule has 0 aliphatic carbocycles. The van der Waals surface area contributed by atoms with Gasteiger partial charge in [0.2, 0.25) is 17.1 Å². The highest BCUT2D eigenvalue weighted by Gasteiger charge is 2.35.